The molecule has 0 aliphatic carbocycles. The molecule has 0 aromatic carbocycles. The molecule has 2 N–H and O–H groups in total. The smallest absolute Gasteiger partial charge is 0.0410 e. The fraction of sp³-hybridized carbons (Fsp3) is 0.583. The molecule has 0 bridgehead atoms. The molecule has 1 heterocycles. The first-order valence-corrected chi connectivity index (χ1v) is 7.45. The summed E-state index contributed by atoms with van der Waals surface area (Å²) in [6.45, 7) is 4.47. The SMILES string of the molecule is CC(C)CSCC(N)Cc1cncc(Br)c1. The summed E-state index contributed by atoms with van der Waals surface area (Å²) in [6.07, 6.45) is 4.58. The zero-order valence-electron chi connectivity index (χ0n) is 9.82. The van der Waals surface area contributed by atoms with Crippen molar-refractivity contribution in [2.75, 3.05) is 11.5 Å². The number of nitrogens with two attached hydrogens (primary N) is 1. The number of aromatic nitrogens is 1. The Labute approximate surface area is 111 Å². The molecule has 0 saturated carbocycles. The van der Waals surface area contributed by atoms with E-state index in [2.05, 4.69) is 40.8 Å². The van der Waals surface area contributed by atoms with Gasteiger partial charge in [-0.3, -0.25) is 4.98 Å². The number of pyridine rings is 1. The highest BCUT2D eigenvalue weighted by molar-refractivity contribution is 9.10. The maximum absolute atomic E-state index is 6.08. The number of hydrogen-bond donors (Lipinski definition) is 1. The number of thioether (sulfide) groups is 1. The summed E-state index contributed by atoms with van der Waals surface area (Å²) in [5.74, 6) is 2.94. The summed E-state index contributed by atoms with van der Waals surface area (Å²) in [4.78, 5) is 4.14. The van der Waals surface area contributed by atoms with Crippen molar-refractivity contribution in [3.05, 3.63) is 28.5 Å². The maximum Gasteiger partial charge on any atom is 0.0410 e. The van der Waals surface area contributed by atoms with Crippen molar-refractivity contribution in [3.8, 4) is 0 Å². The van der Waals surface area contributed by atoms with Gasteiger partial charge in [-0.1, -0.05) is 13.8 Å². The molecule has 0 radical (unpaired) electrons. The van der Waals surface area contributed by atoms with E-state index in [0.29, 0.717) is 0 Å². The van der Waals surface area contributed by atoms with Crippen molar-refractivity contribution in [2.45, 2.75) is 26.3 Å². The lowest BCUT2D eigenvalue weighted by atomic mass is 10.1. The highest BCUT2D eigenvalue weighted by Gasteiger charge is 2.05. The van der Waals surface area contributed by atoms with Gasteiger partial charge >= 0.3 is 0 Å². The molecule has 0 amide bonds. The van der Waals surface area contributed by atoms with Crippen LogP contribution in [0, 0.1) is 5.92 Å². The predicted octanol–water partition coefficient (Wildman–Crippen LogP) is 3.10. The molecule has 4 heteroatoms. The minimum absolute atomic E-state index is 0.222. The van der Waals surface area contributed by atoms with Crippen molar-refractivity contribution >= 4 is 27.7 Å². The van der Waals surface area contributed by atoms with E-state index in [1.165, 1.54) is 11.3 Å². The zero-order valence-corrected chi connectivity index (χ0v) is 12.2. The first-order chi connectivity index (χ1) is 7.58. The van der Waals surface area contributed by atoms with E-state index in [9.17, 15) is 0 Å². The van der Waals surface area contributed by atoms with Crippen LogP contribution in [-0.4, -0.2) is 22.5 Å². The van der Waals surface area contributed by atoms with Gasteiger partial charge in [-0.2, -0.15) is 11.8 Å². The minimum Gasteiger partial charge on any atom is -0.327 e. The van der Waals surface area contributed by atoms with Crippen molar-refractivity contribution in [2.24, 2.45) is 11.7 Å². The second-order valence-electron chi connectivity index (χ2n) is 4.41. The largest absolute Gasteiger partial charge is 0.327 e. The Bertz CT molecular complexity index is 318. The summed E-state index contributed by atoms with van der Waals surface area (Å²) in [5, 5.41) is 0. The molecular weight excluding hydrogens is 284 g/mol. The molecule has 2 nitrogen and oxygen atoms in total. The van der Waals surface area contributed by atoms with Crippen LogP contribution in [0.25, 0.3) is 0 Å². The van der Waals surface area contributed by atoms with Crippen LogP contribution in [0.2, 0.25) is 0 Å². The van der Waals surface area contributed by atoms with Gasteiger partial charge in [0.05, 0.1) is 0 Å². The molecule has 1 atom stereocenters. The fourth-order valence-corrected chi connectivity index (χ4v) is 2.82. The van der Waals surface area contributed by atoms with Gasteiger partial charge in [0.2, 0.25) is 0 Å². The van der Waals surface area contributed by atoms with Gasteiger partial charge in [-0.25, -0.2) is 0 Å². The zero-order chi connectivity index (χ0) is 12.0. The topological polar surface area (TPSA) is 38.9 Å². The summed E-state index contributed by atoms with van der Waals surface area (Å²) in [7, 11) is 0. The van der Waals surface area contributed by atoms with Crippen LogP contribution < -0.4 is 5.73 Å². The summed E-state index contributed by atoms with van der Waals surface area (Å²) in [5.41, 5.74) is 7.28. The number of halogens is 1. The van der Waals surface area contributed by atoms with Crippen molar-refractivity contribution in [1.29, 1.82) is 0 Å². The molecule has 1 unspecified atom stereocenters. The third kappa shape index (κ3) is 5.87. The monoisotopic (exact) mass is 302 g/mol. The lowest BCUT2D eigenvalue weighted by molar-refractivity contribution is 0.730. The van der Waals surface area contributed by atoms with Crippen LogP contribution in [0.4, 0.5) is 0 Å². The molecule has 90 valence electrons. The summed E-state index contributed by atoms with van der Waals surface area (Å²) < 4.78 is 1.02. The molecule has 1 rings (SSSR count). The van der Waals surface area contributed by atoms with Crippen LogP contribution in [-0.2, 0) is 6.42 Å². The molecule has 0 aliphatic rings. The number of hydrogen-bond acceptors (Lipinski definition) is 3. The van der Waals surface area contributed by atoms with Gasteiger partial charge in [-0.15, -0.1) is 0 Å². The quantitative estimate of drug-likeness (QED) is 0.877. The van der Waals surface area contributed by atoms with Crippen molar-refractivity contribution in [3.63, 3.8) is 0 Å². The average Bonchev–Trinajstić information content (AvgIpc) is 2.16. The molecule has 0 spiro atoms. The molecule has 0 aliphatic heterocycles. The standard InChI is InChI=1S/C12H19BrN2S/c1-9(2)7-16-8-12(14)4-10-3-11(13)6-15-5-10/h3,5-6,9,12H,4,7-8,14H2,1-2H3. The maximum atomic E-state index is 6.08. The van der Waals surface area contributed by atoms with Crippen LogP contribution in [0.5, 0.6) is 0 Å². The third-order valence-corrected chi connectivity index (χ3v) is 4.04. The van der Waals surface area contributed by atoms with E-state index in [0.717, 1.165) is 22.6 Å². The lowest BCUT2D eigenvalue weighted by Gasteiger charge is -2.12. The Morgan fingerprint density at radius 1 is 1.38 bits per heavy atom. The van der Waals surface area contributed by atoms with Gasteiger partial charge < -0.3 is 5.73 Å². The highest BCUT2D eigenvalue weighted by Crippen LogP contribution is 2.13. The number of rotatable bonds is 6. The Morgan fingerprint density at radius 2 is 2.12 bits per heavy atom. The average molecular weight is 303 g/mol. The molecule has 1 aromatic rings. The van der Waals surface area contributed by atoms with E-state index >= 15 is 0 Å². The Morgan fingerprint density at radius 3 is 2.75 bits per heavy atom. The van der Waals surface area contributed by atoms with E-state index in [1.807, 2.05) is 18.0 Å². The third-order valence-electron chi connectivity index (χ3n) is 2.04. The predicted molar refractivity (Wildman–Crippen MR) is 75.8 cm³/mol. The normalized spacial score (nSPS) is 13.1. The van der Waals surface area contributed by atoms with E-state index in [-0.39, 0.29) is 6.04 Å². The van der Waals surface area contributed by atoms with Crippen LogP contribution in [0.1, 0.15) is 19.4 Å². The lowest BCUT2D eigenvalue weighted by Crippen LogP contribution is -2.26. The van der Waals surface area contributed by atoms with E-state index in [1.54, 1.807) is 6.20 Å². The Kier molecular flexibility index (Phi) is 6.39. The van der Waals surface area contributed by atoms with Crippen molar-refractivity contribution in [1.82, 2.24) is 4.98 Å². The number of nitrogens with zero attached hydrogens (tertiary/aromatic N) is 1. The van der Waals surface area contributed by atoms with Crippen LogP contribution in [0.3, 0.4) is 0 Å². The Balaban J connectivity index is 2.31. The van der Waals surface area contributed by atoms with Gasteiger partial charge in [0, 0.05) is 28.7 Å². The van der Waals surface area contributed by atoms with Crippen LogP contribution in [0.15, 0.2) is 22.9 Å². The highest BCUT2D eigenvalue weighted by atomic mass is 79.9. The molecule has 16 heavy (non-hydrogen) atoms. The van der Waals surface area contributed by atoms with Gasteiger partial charge in [-0.05, 0) is 45.7 Å². The van der Waals surface area contributed by atoms with E-state index < -0.39 is 0 Å². The molecule has 1 aromatic heterocycles. The summed E-state index contributed by atoms with van der Waals surface area (Å²) >= 11 is 5.35. The van der Waals surface area contributed by atoms with E-state index in [4.69, 9.17) is 5.73 Å². The first-order valence-electron chi connectivity index (χ1n) is 5.50. The second kappa shape index (κ2) is 7.30. The minimum atomic E-state index is 0.222. The molecular formula is C12H19BrN2S. The van der Waals surface area contributed by atoms with Crippen LogP contribution >= 0.6 is 27.7 Å². The molecule has 0 saturated heterocycles. The first kappa shape index (κ1) is 14.0. The van der Waals surface area contributed by atoms with Gasteiger partial charge in [0.25, 0.3) is 0 Å². The Hall–Kier alpha value is -0.0600. The van der Waals surface area contributed by atoms with Gasteiger partial charge in [0.1, 0.15) is 0 Å². The second-order valence-corrected chi connectivity index (χ2v) is 6.40. The van der Waals surface area contributed by atoms with Gasteiger partial charge in [0.15, 0.2) is 0 Å². The fourth-order valence-electron chi connectivity index (χ4n) is 1.38. The van der Waals surface area contributed by atoms with Crippen molar-refractivity contribution < 1.29 is 0 Å². The molecule has 0 fully saturated rings. The summed E-state index contributed by atoms with van der Waals surface area (Å²) in [6, 6.07) is 2.31.